The van der Waals surface area contributed by atoms with E-state index in [1.54, 1.807) is 7.11 Å². The van der Waals surface area contributed by atoms with Crippen molar-refractivity contribution < 1.29 is 4.74 Å². The Labute approximate surface area is 97.1 Å². The molecule has 1 rings (SSSR count). The van der Waals surface area contributed by atoms with Gasteiger partial charge in [-0.15, -0.1) is 0 Å². The van der Waals surface area contributed by atoms with Gasteiger partial charge < -0.3 is 10.1 Å². The average Bonchev–Trinajstić information content (AvgIpc) is 2.58. The molecule has 0 saturated carbocycles. The highest BCUT2D eigenvalue weighted by atomic mass is 32.2. The zero-order valence-corrected chi connectivity index (χ0v) is 11.0. The van der Waals surface area contributed by atoms with Gasteiger partial charge in [-0.1, -0.05) is 18.7 Å². The minimum Gasteiger partial charge on any atom is -0.385 e. The molecule has 0 amide bonds. The molecule has 2 unspecified atom stereocenters. The third-order valence-electron chi connectivity index (χ3n) is 2.79. The van der Waals surface area contributed by atoms with E-state index in [9.17, 15) is 0 Å². The van der Waals surface area contributed by atoms with Crippen molar-refractivity contribution in [3.63, 3.8) is 0 Å². The molecular formula is C11H22N2OS. The summed E-state index contributed by atoms with van der Waals surface area (Å²) in [6.45, 7) is 7.39. The lowest BCUT2D eigenvalue weighted by atomic mass is 10.0. The molecule has 1 heterocycles. The molecule has 4 heteroatoms. The summed E-state index contributed by atoms with van der Waals surface area (Å²) in [6, 6.07) is 0.346. The fourth-order valence-corrected chi connectivity index (χ4v) is 2.68. The van der Waals surface area contributed by atoms with Crippen molar-refractivity contribution in [1.82, 2.24) is 5.32 Å². The number of rotatable bonds is 5. The lowest BCUT2D eigenvalue weighted by molar-refractivity contribution is 0.190. The second kappa shape index (κ2) is 5.75. The Morgan fingerprint density at radius 2 is 2.40 bits per heavy atom. The number of aliphatic imine (C=N–C) groups is 1. The number of hydrogen-bond acceptors (Lipinski definition) is 3. The number of methoxy groups -OCH3 is 1. The summed E-state index contributed by atoms with van der Waals surface area (Å²) in [5, 5.41) is 4.60. The van der Waals surface area contributed by atoms with Crippen molar-refractivity contribution in [1.29, 1.82) is 0 Å². The third-order valence-corrected chi connectivity index (χ3v) is 4.06. The zero-order chi connectivity index (χ0) is 11.3. The number of hydrogen-bond donors (Lipinski definition) is 1. The van der Waals surface area contributed by atoms with Crippen LogP contribution in [0, 0.1) is 0 Å². The Morgan fingerprint density at radius 1 is 1.67 bits per heavy atom. The minimum atomic E-state index is 0.241. The SMILES string of the molecule is CCC1(C)CSC(=NC(C)CCOC)N1. The molecule has 0 aromatic carbocycles. The van der Waals surface area contributed by atoms with E-state index in [2.05, 4.69) is 31.1 Å². The second-order valence-corrected chi connectivity index (χ2v) is 5.36. The van der Waals surface area contributed by atoms with Gasteiger partial charge in [-0.3, -0.25) is 4.99 Å². The van der Waals surface area contributed by atoms with Gasteiger partial charge in [0.2, 0.25) is 0 Å². The van der Waals surface area contributed by atoms with Crippen LogP contribution in [-0.4, -0.2) is 36.2 Å². The smallest absolute Gasteiger partial charge is 0.157 e. The molecule has 88 valence electrons. The Balaban J connectivity index is 2.41. The van der Waals surface area contributed by atoms with Crippen LogP contribution in [0.1, 0.15) is 33.6 Å². The van der Waals surface area contributed by atoms with E-state index in [0.29, 0.717) is 6.04 Å². The van der Waals surface area contributed by atoms with Gasteiger partial charge in [0.25, 0.3) is 0 Å². The topological polar surface area (TPSA) is 33.6 Å². The summed E-state index contributed by atoms with van der Waals surface area (Å²) in [7, 11) is 1.73. The maximum Gasteiger partial charge on any atom is 0.157 e. The molecular weight excluding hydrogens is 208 g/mol. The van der Waals surface area contributed by atoms with Crippen LogP contribution in [0.5, 0.6) is 0 Å². The molecule has 15 heavy (non-hydrogen) atoms. The van der Waals surface area contributed by atoms with Crippen LogP contribution in [0.15, 0.2) is 4.99 Å². The number of nitrogens with zero attached hydrogens (tertiary/aromatic N) is 1. The average molecular weight is 230 g/mol. The molecule has 1 saturated heterocycles. The first-order valence-electron chi connectivity index (χ1n) is 5.57. The van der Waals surface area contributed by atoms with E-state index in [1.807, 2.05) is 11.8 Å². The summed E-state index contributed by atoms with van der Waals surface area (Å²) in [5.74, 6) is 1.12. The fraction of sp³-hybridized carbons (Fsp3) is 0.909. The third kappa shape index (κ3) is 4.03. The molecule has 0 aromatic rings. The first-order valence-corrected chi connectivity index (χ1v) is 6.56. The van der Waals surface area contributed by atoms with Gasteiger partial charge in [0.05, 0.1) is 6.04 Å². The molecule has 2 atom stereocenters. The highest BCUT2D eigenvalue weighted by molar-refractivity contribution is 8.14. The Kier molecular flexibility index (Phi) is 4.93. The summed E-state index contributed by atoms with van der Waals surface area (Å²) >= 11 is 1.83. The maximum atomic E-state index is 5.04. The van der Waals surface area contributed by atoms with Gasteiger partial charge in [0.1, 0.15) is 0 Å². The first kappa shape index (κ1) is 12.8. The molecule has 1 fully saturated rings. The lowest BCUT2D eigenvalue weighted by Crippen LogP contribution is -2.39. The summed E-state index contributed by atoms with van der Waals surface area (Å²) < 4.78 is 5.04. The van der Waals surface area contributed by atoms with E-state index in [4.69, 9.17) is 4.74 Å². The normalized spacial score (nSPS) is 30.5. The molecule has 1 aliphatic rings. The fourth-order valence-electron chi connectivity index (χ4n) is 1.37. The molecule has 1 N–H and O–H groups in total. The van der Waals surface area contributed by atoms with E-state index in [1.165, 1.54) is 0 Å². The van der Waals surface area contributed by atoms with Crippen LogP contribution in [0.3, 0.4) is 0 Å². The van der Waals surface area contributed by atoms with Crippen LogP contribution in [-0.2, 0) is 4.74 Å². The van der Waals surface area contributed by atoms with Gasteiger partial charge >= 0.3 is 0 Å². The van der Waals surface area contributed by atoms with Crippen molar-refractivity contribution in [3.8, 4) is 0 Å². The Bertz CT molecular complexity index is 233. The van der Waals surface area contributed by atoms with Crippen LogP contribution in [0.25, 0.3) is 0 Å². The van der Waals surface area contributed by atoms with Gasteiger partial charge in [0, 0.05) is 25.0 Å². The minimum absolute atomic E-state index is 0.241. The van der Waals surface area contributed by atoms with Crippen molar-refractivity contribution >= 4 is 16.9 Å². The van der Waals surface area contributed by atoms with Gasteiger partial charge in [-0.25, -0.2) is 0 Å². The van der Waals surface area contributed by atoms with Crippen LogP contribution < -0.4 is 5.32 Å². The van der Waals surface area contributed by atoms with Crippen LogP contribution in [0.4, 0.5) is 0 Å². The highest BCUT2D eigenvalue weighted by Crippen LogP contribution is 2.25. The van der Waals surface area contributed by atoms with Gasteiger partial charge in [-0.05, 0) is 26.7 Å². The van der Waals surface area contributed by atoms with Crippen molar-refractivity contribution in [2.75, 3.05) is 19.5 Å². The highest BCUT2D eigenvalue weighted by Gasteiger charge is 2.30. The number of nitrogens with one attached hydrogen (secondary N) is 1. The van der Waals surface area contributed by atoms with E-state index in [0.717, 1.165) is 30.4 Å². The molecule has 0 radical (unpaired) electrons. The van der Waals surface area contributed by atoms with E-state index >= 15 is 0 Å². The standard InChI is InChI=1S/C11H22N2OS/c1-5-11(3)8-15-10(13-11)12-9(2)6-7-14-4/h9H,5-8H2,1-4H3,(H,12,13). The second-order valence-electron chi connectivity index (χ2n) is 4.39. The summed E-state index contributed by atoms with van der Waals surface area (Å²) in [4.78, 5) is 4.65. The van der Waals surface area contributed by atoms with E-state index < -0.39 is 0 Å². The van der Waals surface area contributed by atoms with Gasteiger partial charge in [0.15, 0.2) is 5.17 Å². The predicted molar refractivity (Wildman–Crippen MR) is 67.7 cm³/mol. The monoisotopic (exact) mass is 230 g/mol. The summed E-state index contributed by atoms with van der Waals surface area (Å²) in [5.41, 5.74) is 0.241. The van der Waals surface area contributed by atoms with Crippen molar-refractivity contribution in [2.24, 2.45) is 4.99 Å². The number of thioether (sulfide) groups is 1. The number of amidine groups is 1. The molecule has 0 aliphatic carbocycles. The van der Waals surface area contributed by atoms with Crippen LogP contribution in [0.2, 0.25) is 0 Å². The molecule has 0 aromatic heterocycles. The van der Waals surface area contributed by atoms with Gasteiger partial charge in [-0.2, -0.15) is 0 Å². The van der Waals surface area contributed by atoms with Crippen molar-refractivity contribution in [2.45, 2.75) is 45.2 Å². The molecule has 1 aliphatic heterocycles. The Morgan fingerprint density at radius 3 is 2.93 bits per heavy atom. The lowest BCUT2D eigenvalue weighted by Gasteiger charge is -2.21. The predicted octanol–water partition coefficient (Wildman–Crippen LogP) is 2.27. The zero-order valence-electron chi connectivity index (χ0n) is 10.2. The molecule has 0 bridgehead atoms. The molecule has 0 spiro atoms. The van der Waals surface area contributed by atoms with Crippen LogP contribution >= 0.6 is 11.8 Å². The Hall–Kier alpha value is -0.220. The quantitative estimate of drug-likeness (QED) is 0.786. The van der Waals surface area contributed by atoms with E-state index in [-0.39, 0.29) is 5.54 Å². The van der Waals surface area contributed by atoms with Crippen molar-refractivity contribution in [3.05, 3.63) is 0 Å². The largest absolute Gasteiger partial charge is 0.385 e. The maximum absolute atomic E-state index is 5.04. The summed E-state index contributed by atoms with van der Waals surface area (Å²) in [6.07, 6.45) is 2.14. The first-order chi connectivity index (χ1) is 7.09. The molecule has 3 nitrogen and oxygen atoms in total. The number of ether oxygens (including phenoxy) is 1.